The standard InChI is InChI=1S/CH3NS.H2O/c2-1-3;/h1H,(H2,2,3);1H2. The van der Waals surface area contributed by atoms with Gasteiger partial charge in [-0.15, -0.1) is 0 Å². The Bertz CT molecular complexity index is 15.5. The fourth-order valence-electron chi connectivity index (χ4n) is 0. The van der Waals surface area contributed by atoms with Gasteiger partial charge in [0.25, 0.3) is 0 Å². The van der Waals surface area contributed by atoms with Crippen molar-refractivity contribution in [2.75, 3.05) is 0 Å². The van der Waals surface area contributed by atoms with Crippen molar-refractivity contribution >= 4 is 17.7 Å². The van der Waals surface area contributed by atoms with Crippen molar-refractivity contribution in [1.82, 2.24) is 0 Å². The van der Waals surface area contributed by atoms with Crippen LogP contribution in [0.15, 0.2) is 0 Å². The molecule has 26 valence electrons. The fourth-order valence-corrected chi connectivity index (χ4v) is 0. The van der Waals surface area contributed by atoms with Crippen molar-refractivity contribution in [1.29, 1.82) is 0 Å². The minimum Gasteiger partial charge on any atom is -0.412 e. The second kappa shape index (κ2) is 13.5. The molecule has 0 aliphatic carbocycles. The predicted octanol–water partition coefficient (Wildman–Crippen LogP) is -0.922. The van der Waals surface area contributed by atoms with E-state index in [9.17, 15) is 0 Å². The zero-order valence-electron chi connectivity index (χ0n) is 2.06. The summed E-state index contributed by atoms with van der Waals surface area (Å²) in [6.07, 6.45) is 0. The molecular formula is CH5NOS. The largest absolute Gasteiger partial charge is 0.412 e. The first-order chi connectivity index (χ1) is 1.41. The van der Waals surface area contributed by atoms with Crippen LogP contribution in [0, 0.1) is 0 Å². The Balaban J connectivity index is 0. The summed E-state index contributed by atoms with van der Waals surface area (Å²) in [4.78, 5) is 0. The molecule has 0 saturated heterocycles. The molecule has 0 aromatic heterocycles. The van der Waals surface area contributed by atoms with Crippen LogP contribution in [-0.4, -0.2) is 11.0 Å². The van der Waals surface area contributed by atoms with Gasteiger partial charge in [0.15, 0.2) is 0 Å². The van der Waals surface area contributed by atoms with Gasteiger partial charge in [-0.1, -0.05) is 12.2 Å². The summed E-state index contributed by atoms with van der Waals surface area (Å²) >= 11 is 4.05. The van der Waals surface area contributed by atoms with E-state index in [2.05, 4.69) is 18.0 Å². The van der Waals surface area contributed by atoms with Crippen LogP contribution < -0.4 is 5.73 Å². The number of rotatable bonds is 0. The van der Waals surface area contributed by atoms with Crippen molar-refractivity contribution < 1.29 is 5.48 Å². The molecule has 4 heavy (non-hydrogen) atoms. The van der Waals surface area contributed by atoms with Gasteiger partial charge in [-0.2, -0.15) is 0 Å². The van der Waals surface area contributed by atoms with E-state index >= 15 is 0 Å². The van der Waals surface area contributed by atoms with Gasteiger partial charge in [-0.25, -0.2) is 0 Å². The summed E-state index contributed by atoms with van der Waals surface area (Å²) < 4.78 is 0. The maximum absolute atomic E-state index is 4.54. The Morgan fingerprint density at radius 2 is 1.75 bits per heavy atom. The predicted molar refractivity (Wildman–Crippen MR) is 21.5 cm³/mol. The molecule has 0 heterocycles. The Hall–Kier alpha value is -0.150. The van der Waals surface area contributed by atoms with E-state index in [4.69, 9.17) is 0 Å². The monoisotopic (exact) mass is 79.0 g/mol. The second-order valence-corrected chi connectivity index (χ2v) is 0.408. The molecule has 0 rings (SSSR count). The van der Waals surface area contributed by atoms with Gasteiger partial charge < -0.3 is 11.2 Å². The molecule has 0 bridgehead atoms. The van der Waals surface area contributed by atoms with E-state index < -0.39 is 0 Å². The molecule has 0 saturated carbocycles. The zero-order valence-corrected chi connectivity index (χ0v) is 2.88. The van der Waals surface area contributed by atoms with Crippen molar-refractivity contribution in [2.24, 2.45) is 5.73 Å². The topological polar surface area (TPSA) is 57.5 Å². The van der Waals surface area contributed by atoms with Gasteiger partial charge in [0, 0.05) is 0 Å². The molecule has 3 heteroatoms. The van der Waals surface area contributed by atoms with Gasteiger partial charge in [-0.3, -0.25) is 0 Å². The zero-order chi connectivity index (χ0) is 2.71. The van der Waals surface area contributed by atoms with Gasteiger partial charge in [-0.05, 0) is 0 Å². The maximum Gasteiger partial charge on any atom is 0.0588 e. The number of hydrogen-bond donors (Lipinski definition) is 1. The molecule has 0 aliphatic rings. The van der Waals surface area contributed by atoms with Gasteiger partial charge in [0.05, 0.1) is 5.49 Å². The summed E-state index contributed by atoms with van der Waals surface area (Å²) in [5.74, 6) is 0. The van der Waals surface area contributed by atoms with Crippen LogP contribution in [-0.2, 0) is 0 Å². The summed E-state index contributed by atoms with van der Waals surface area (Å²) in [6.45, 7) is 0. The number of hydrogen-bond acceptors (Lipinski definition) is 1. The molecule has 0 unspecified atom stereocenters. The lowest BCUT2D eigenvalue weighted by Crippen LogP contribution is -1.79. The molecule has 0 aromatic carbocycles. The molecular weight excluding hydrogens is 74.1 g/mol. The molecule has 4 N–H and O–H groups in total. The Morgan fingerprint density at radius 3 is 1.75 bits per heavy atom. The van der Waals surface area contributed by atoms with Gasteiger partial charge >= 0.3 is 0 Å². The van der Waals surface area contributed by atoms with E-state index in [1.807, 2.05) is 0 Å². The van der Waals surface area contributed by atoms with Crippen molar-refractivity contribution in [3.63, 3.8) is 0 Å². The highest BCUT2D eigenvalue weighted by atomic mass is 32.1. The Labute approximate surface area is 29.9 Å². The Kier molecular flexibility index (Phi) is 30.8. The quantitative estimate of drug-likeness (QED) is 0.382. The lowest BCUT2D eigenvalue weighted by Gasteiger charge is -1.36. The third-order valence-corrected chi connectivity index (χ3v) is 0. The van der Waals surface area contributed by atoms with Crippen molar-refractivity contribution in [2.45, 2.75) is 0 Å². The SMILES string of the molecule is NC=S.O. The fraction of sp³-hybridized carbons (Fsp3) is 0. The highest BCUT2D eigenvalue weighted by Gasteiger charge is 1.13. The summed E-state index contributed by atoms with van der Waals surface area (Å²) in [5, 5.41) is 0. The average molecular weight is 79.1 g/mol. The van der Waals surface area contributed by atoms with Gasteiger partial charge in [0.1, 0.15) is 0 Å². The molecule has 0 amide bonds. The average Bonchev–Trinajstić information content (AvgIpc) is 0.918. The summed E-state index contributed by atoms with van der Waals surface area (Å²) in [6, 6.07) is 0. The van der Waals surface area contributed by atoms with Crippen LogP contribution in [0.2, 0.25) is 0 Å². The van der Waals surface area contributed by atoms with E-state index in [0.717, 1.165) is 5.49 Å². The molecule has 0 spiro atoms. The maximum atomic E-state index is 4.54. The molecule has 0 aromatic rings. The number of nitrogens with two attached hydrogens (primary N) is 1. The van der Waals surface area contributed by atoms with Crippen molar-refractivity contribution in [3.05, 3.63) is 0 Å². The Morgan fingerprint density at radius 1 is 1.75 bits per heavy atom. The van der Waals surface area contributed by atoms with Crippen LogP contribution in [0.1, 0.15) is 0 Å². The van der Waals surface area contributed by atoms with E-state index in [1.165, 1.54) is 0 Å². The molecule has 0 fully saturated rings. The molecule has 0 atom stereocenters. The first-order valence-electron chi connectivity index (χ1n) is 0.569. The van der Waals surface area contributed by atoms with Crippen LogP contribution in [0.4, 0.5) is 0 Å². The minimum atomic E-state index is 0. The number of thiocarbonyl (C=S) groups is 1. The highest BCUT2D eigenvalue weighted by molar-refractivity contribution is 7.78. The first-order valence-corrected chi connectivity index (χ1v) is 1.04. The lowest BCUT2D eigenvalue weighted by atomic mass is 11.6. The molecule has 2 nitrogen and oxygen atoms in total. The smallest absolute Gasteiger partial charge is 0.0588 e. The lowest BCUT2D eigenvalue weighted by molar-refractivity contribution is 0.824. The first kappa shape index (κ1) is 9.14. The third kappa shape index (κ3) is 59.4. The van der Waals surface area contributed by atoms with Crippen LogP contribution in [0.5, 0.6) is 0 Å². The van der Waals surface area contributed by atoms with Gasteiger partial charge in [0.2, 0.25) is 0 Å². The summed E-state index contributed by atoms with van der Waals surface area (Å²) in [5.41, 5.74) is 5.62. The van der Waals surface area contributed by atoms with E-state index in [0.29, 0.717) is 0 Å². The highest BCUT2D eigenvalue weighted by Crippen LogP contribution is 1.16. The third-order valence-electron chi connectivity index (χ3n) is 0. The van der Waals surface area contributed by atoms with Crippen LogP contribution in [0.3, 0.4) is 0 Å². The van der Waals surface area contributed by atoms with Crippen LogP contribution >= 0.6 is 12.2 Å². The normalized spacial score (nSPS) is 3.00. The van der Waals surface area contributed by atoms with Crippen LogP contribution in [0.25, 0.3) is 0 Å². The van der Waals surface area contributed by atoms with Crippen molar-refractivity contribution in [3.8, 4) is 0 Å². The van der Waals surface area contributed by atoms with E-state index in [1.54, 1.807) is 0 Å². The summed E-state index contributed by atoms with van der Waals surface area (Å²) in [7, 11) is 0. The molecule has 0 radical (unpaired) electrons. The second-order valence-electron chi connectivity index (χ2n) is 0.136. The van der Waals surface area contributed by atoms with E-state index in [-0.39, 0.29) is 5.48 Å². The molecule has 0 aliphatic heterocycles. The minimum absolute atomic E-state index is 0.